The van der Waals surface area contributed by atoms with Crippen molar-refractivity contribution >= 4 is 18.2 Å². The van der Waals surface area contributed by atoms with E-state index in [0.29, 0.717) is 17.8 Å². The van der Waals surface area contributed by atoms with Crippen molar-refractivity contribution in [1.29, 1.82) is 0 Å². The van der Waals surface area contributed by atoms with Crippen molar-refractivity contribution in [2.24, 2.45) is 17.8 Å². The van der Waals surface area contributed by atoms with Gasteiger partial charge in [-0.2, -0.15) is 0 Å². The molecule has 234 valence electrons. The molecule has 1 fully saturated rings. The van der Waals surface area contributed by atoms with Gasteiger partial charge >= 0.3 is 0 Å². The van der Waals surface area contributed by atoms with Crippen LogP contribution in [0.1, 0.15) is 36.0 Å². The largest absolute Gasteiger partial charge is 0.256 e. The summed E-state index contributed by atoms with van der Waals surface area (Å²) >= 11 is 0. The molecule has 6 aromatic rings. The van der Waals surface area contributed by atoms with Crippen LogP contribution in [0, 0.1) is 17.8 Å². The summed E-state index contributed by atoms with van der Waals surface area (Å²) in [5.74, 6) is 1.40. The fourth-order valence-electron chi connectivity index (χ4n) is 6.52. The van der Waals surface area contributed by atoms with Gasteiger partial charge in [-0.3, -0.25) is 15.0 Å². The molecule has 1 saturated carbocycles. The molecule has 0 atom stereocenters. The van der Waals surface area contributed by atoms with Crippen LogP contribution in [0.25, 0.3) is 52.0 Å². The molecule has 0 N–H and O–H groups in total. The Morgan fingerprint density at radius 1 is 0.354 bits per heavy atom. The van der Waals surface area contributed by atoms with Gasteiger partial charge in [0.15, 0.2) is 0 Å². The lowest BCUT2D eigenvalue weighted by Gasteiger charge is -2.31. The zero-order chi connectivity index (χ0) is 32.4. The minimum absolute atomic E-state index is 0.467. The molecule has 0 aliphatic heterocycles. The molecule has 0 bridgehead atoms. The minimum Gasteiger partial charge on any atom is -0.256 e. The molecule has 1 aliphatic carbocycles. The van der Waals surface area contributed by atoms with Crippen LogP contribution in [0.2, 0.25) is 0 Å². The molecule has 7 rings (SSSR count). The number of allylic oxidation sites excluding steroid dienone is 3. The molecule has 3 heterocycles. The van der Waals surface area contributed by atoms with Gasteiger partial charge in [0.2, 0.25) is 0 Å². The number of hydrogen-bond donors (Lipinski definition) is 0. The number of rotatable bonds is 9. The smallest absolute Gasteiger partial charge is 0.0702 e. The van der Waals surface area contributed by atoms with Crippen molar-refractivity contribution in [2.75, 3.05) is 0 Å². The van der Waals surface area contributed by atoms with Crippen LogP contribution < -0.4 is 0 Å². The topological polar surface area (TPSA) is 38.7 Å². The summed E-state index contributed by atoms with van der Waals surface area (Å²) in [6.07, 6.45) is 23.2. The Balaban J connectivity index is 1.06. The summed E-state index contributed by atoms with van der Waals surface area (Å²) in [6, 6.07) is 43.9. The summed E-state index contributed by atoms with van der Waals surface area (Å²) in [5, 5.41) is 0. The molecule has 3 nitrogen and oxygen atoms in total. The molecule has 0 spiro atoms. The van der Waals surface area contributed by atoms with Gasteiger partial charge in [0.25, 0.3) is 0 Å². The molecule has 48 heavy (non-hydrogen) atoms. The fraction of sp³-hybridized carbons (Fsp3) is 0.133. The van der Waals surface area contributed by atoms with Gasteiger partial charge in [-0.1, -0.05) is 146 Å². The predicted octanol–water partition coefficient (Wildman–Crippen LogP) is 11.3. The van der Waals surface area contributed by atoms with E-state index in [1.165, 1.54) is 0 Å². The van der Waals surface area contributed by atoms with Crippen molar-refractivity contribution in [2.45, 2.75) is 19.3 Å². The maximum absolute atomic E-state index is 4.73. The van der Waals surface area contributed by atoms with Crippen molar-refractivity contribution < 1.29 is 0 Å². The van der Waals surface area contributed by atoms with Gasteiger partial charge in [0.1, 0.15) is 0 Å². The molecule has 3 aromatic heterocycles. The first kappa shape index (κ1) is 31.0. The van der Waals surface area contributed by atoms with Crippen molar-refractivity contribution in [3.05, 3.63) is 181 Å². The minimum atomic E-state index is 0.467. The second-order valence-corrected chi connectivity index (χ2v) is 12.6. The SMILES string of the molecule is C(=C/C1CC(/C=C\c2ccc(-c3ccccc3)nc2)CC(/C=C\c2ccc(-c3ccccc3)nc2)C1)/c1ccc(-c2ccccc2)nc1. The molecule has 0 unspecified atom stereocenters. The Morgan fingerprint density at radius 3 is 0.896 bits per heavy atom. The Bertz CT molecular complexity index is 1720. The average Bonchev–Trinajstić information content (AvgIpc) is 3.17. The number of aromatic nitrogens is 3. The lowest BCUT2D eigenvalue weighted by molar-refractivity contribution is 0.297. The van der Waals surface area contributed by atoms with Crippen molar-refractivity contribution in [1.82, 2.24) is 15.0 Å². The van der Waals surface area contributed by atoms with E-state index >= 15 is 0 Å². The van der Waals surface area contributed by atoms with Crippen LogP contribution in [-0.4, -0.2) is 15.0 Å². The monoisotopic (exact) mass is 621 g/mol. The van der Waals surface area contributed by atoms with E-state index in [-0.39, 0.29) is 0 Å². The van der Waals surface area contributed by atoms with Crippen LogP contribution in [0.4, 0.5) is 0 Å². The van der Waals surface area contributed by atoms with E-state index < -0.39 is 0 Å². The fourth-order valence-corrected chi connectivity index (χ4v) is 6.52. The summed E-state index contributed by atoms with van der Waals surface area (Å²) in [5.41, 5.74) is 9.81. The second-order valence-electron chi connectivity index (χ2n) is 12.6. The van der Waals surface area contributed by atoms with Crippen LogP contribution in [0.3, 0.4) is 0 Å². The molecular weight excluding hydrogens is 583 g/mol. The molecule has 0 amide bonds. The highest BCUT2D eigenvalue weighted by Gasteiger charge is 2.25. The van der Waals surface area contributed by atoms with Crippen LogP contribution in [0.5, 0.6) is 0 Å². The molecule has 3 aromatic carbocycles. The summed E-state index contributed by atoms with van der Waals surface area (Å²) < 4.78 is 0. The highest BCUT2D eigenvalue weighted by Crippen LogP contribution is 2.37. The van der Waals surface area contributed by atoms with E-state index in [1.807, 2.05) is 36.8 Å². The number of nitrogens with zero attached hydrogens (tertiary/aromatic N) is 3. The van der Waals surface area contributed by atoms with Crippen molar-refractivity contribution in [3.63, 3.8) is 0 Å². The molecule has 3 heteroatoms. The summed E-state index contributed by atoms with van der Waals surface area (Å²) in [6.45, 7) is 0. The number of benzene rings is 3. The van der Waals surface area contributed by atoms with Crippen LogP contribution in [0.15, 0.2) is 164 Å². The van der Waals surface area contributed by atoms with Crippen molar-refractivity contribution in [3.8, 4) is 33.8 Å². The van der Waals surface area contributed by atoms with Gasteiger partial charge < -0.3 is 0 Å². The van der Waals surface area contributed by atoms with Crippen LogP contribution >= 0.6 is 0 Å². The summed E-state index contributed by atoms with van der Waals surface area (Å²) in [4.78, 5) is 14.2. The van der Waals surface area contributed by atoms with E-state index in [9.17, 15) is 0 Å². The first-order chi connectivity index (χ1) is 23.7. The highest BCUT2D eigenvalue weighted by atomic mass is 14.7. The van der Waals surface area contributed by atoms with Gasteiger partial charge in [-0.25, -0.2) is 0 Å². The van der Waals surface area contributed by atoms with E-state index in [2.05, 4.69) is 146 Å². The Labute approximate surface area is 284 Å². The highest BCUT2D eigenvalue weighted by molar-refractivity contribution is 5.63. The first-order valence-corrected chi connectivity index (χ1v) is 16.8. The van der Waals surface area contributed by atoms with Gasteiger partial charge in [-0.05, 0) is 71.9 Å². The van der Waals surface area contributed by atoms with E-state index in [1.54, 1.807) is 0 Å². The van der Waals surface area contributed by atoms with Gasteiger partial charge in [0.05, 0.1) is 17.1 Å². The molecule has 0 saturated heterocycles. The molecule has 0 radical (unpaired) electrons. The third kappa shape index (κ3) is 8.18. The predicted molar refractivity (Wildman–Crippen MR) is 200 cm³/mol. The Kier molecular flexibility index (Phi) is 9.85. The zero-order valence-electron chi connectivity index (χ0n) is 27.0. The zero-order valence-corrected chi connectivity index (χ0v) is 27.0. The molecular formula is C45H39N3. The number of hydrogen-bond acceptors (Lipinski definition) is 3. The van der Waals surface area contributed by atoms with E-state index in [4.69, 9.17) is 15.0 Å². The molecule has 1 aliphatic rings. The lowest BCUT2D eigenvalue weighted by atomic mass is 9.74. The quantitative estimate of drug-likeness (QED) is 0.161. The van der Waals surface area contributed by atoms with Gasteiger partial charge in [0, 0.05) is 35.3 Å². The van der Waals surface area contributed by atoms with E-state index in [0.717, 1.165) is 69.7 Å². The summed E-state index contributed by atoms with van der Waals surface area (Å²) in [7, 11) is 0. The Hall–Kier alpha value is -5.67. The standard InChI is InChI=1S/C45H39N3/c1-4-10-40(11-5-1)43-25-22-34(31-46-43)16-19-37-28-38(20-17-35-23-26-44(47-32-35)41-12-6-2-7-13-41)30-39(29-37)21-18-36-24-27-45(48-33-36)42-14-8-3-9-15-42/h1-27,31-33,37-39H,28-30H2/b19-16-,20-17-,21-18-. The third-order valence-electron chi connectivity index (χ3n) is 9.07. The van der Waals surface area contributed by atoms with Gasteiger partial charge in [-0.15, -0.1) is 0 Å². The Morgan fingerprint density at radius 2 is 0.646 bits per heavy atom. The van der Waals surface area contributed by atoms with Crippen LogP contribution in [-0.2, 0) is 0 Å². The first-order valence-electron chi connectivity index (χ1n) is 16.8. The normalized spacial score (nSPS) is 18.1. The number of pyridine rings is 3. The maximum atomic E-state index is 4.73. The maximum Gasteiger partial charge on any atom is 0.0702 e. The second kappa shape index (κ2) is 15.3. The lowest BCUT2D eigenvalue weighted by Crippen LogP contribution is -2.19. The third-order valence-corrected chi connectivity index (χ3v) is 9.07. The average molecular weight is 622 g/mol.